The van der Waals surface area contributed by atoms with Gasteiger partial charge in [-0.1, -0.05) is 11.6 Å². The van der Waals surface area contributed by atoms with Crippen molar-refractivity contribution in [2.75, 3.05) is 18.8 Å². The fraction of sp³-hybridized carbons (Fsp3) is 0.312. The fourth-order valence-electron chi connectivity index (χ4n) is 1.96. The monoisotopic (exact) mass is 560 g/mol. The van der Waals surface area contributed by atoms with Crippen LogP contribution in [0.3, 0.4) is 0 Å². The number of aliphatic imine (C=N–C) groups is 1. The molecular formula is C16H22ClIN4O2S3. The fourth-order valence-corrected chi connectivity index (χ4v) is 4.56. The molecule has 2 rings (SSSR count). The van der Waals surface area contributed by atoms with Crippen molar-refractivity contribution in [1.82, 2.24) is 10.6 Å². The third-order valence-corrected chi connectivity index (χ3v) is 6.91. The molecule has 0 fully saturated rings. The number of hydrogen-bond donors (Lipinski definition) is 3. The molecule has 0 bridgehead atoms. The van der Waals surface area contributed by atoms with Crippen LogP contribution in [0, 0.1) is 0 Å². The van der Waals surface area contributed by atoms with Crippen molar-refractivity contribution in [3.05, 3.63) is 46.3 Å². The minimum Gasteiger partial charge on any atom is -0.357 e. The summed E-state index contributed by atoms with van der Waals surface area (Å²) in [6, 6.07) is 11.0. The molecule has 0 radical (unpaired) electrons. The summed E-state index contributed by atoms with van der Waals surface area (Å²) in [5, 5.41) is 12.3. The molecule has 0 aliphatic rings. The van der Waals surface area contributed by atoms with Crippen molar-refractivity contribution in [3.8, 4) is 0 Å². The van der Waals surface area contributed by atoms with E-state index in [1.165, 1.54) is 6.07 Å². The van der Waals surface area contributed by atoms with E-state index in [1.54, 1.807) is 17.8 Å². The Morgan fingerprint density at radius 2 is 1.93 bits per heavy atom. The lowest BCUT2D eigenvalue weighted by molar-refractivity contribution is 0.600. The highest BCUT2D eigenvalue weighted by molar-refractivity contribution is 14.0. The number of sulfonamides is 1. The SMILES string of the molecule is CCNC(=NCc1ccc(S(N)(=O)=O)s1)NCCSc1ccc(Cl)cc1.I. The molecule has 0 saturated carbocycles. The molecule has 0 atom stereocenters. The number of thiophene rings is 1. The van der Waals surface area contributed by atoms with Gasteiger partial charge in [0.15, 0.2) is 5.96 Å². The summed E-state index contributed by atoms with van der Waals surface area (Å²) in [5.41, 5.74) is 0. The molecule has 11 heteroatoms. The van der Waals surface area contributed by atoms with Gasteiger partial charge in [0, 0.05) is 33.6 Å². The molecule has 1 aromatic carbocycles. The van der Waals surface area contributed by atoms with Gasteiger partial charge in [-0.05, 0) is 43.3 Å². The minimum atomic E-state index is -3.65. The number of thioether (sulfide) groups is 1. The van der Waals surface area contributed by atoms with E-state index in [-0.39, 0.29) is 28.2 Å². The van der Waals surface area contributed by atoms with Gasteiger partial charge in [-0.15, -0.1) is 47.1 Å². The van der Waals surface area contributed by atoms with Crippen LogP contribution in [-0.4, -0.2) is 33.2 Å². The van der Waals surface area contributed by atoms with Crippen LogP contribution in [0.2, 0.25) is 5.02 Å². The Labute approximate surface area is 190 Å². The lowest BCUT2D eigenvalue weighted by atomic mass is 10.4. The Kier molecular flexibility index (Phi) is 11.0. The van der Waals surface area contributed by atoms with Gasteiger partial charge in [0.2, 0.25) is 10.0 Å². The van der Waals surface area contributed by atoms with E-state index < -0.39 is 10.0 Å². The zero-order valence-electron chi connectivity index (χ0n) is 14.6. The van der Waals surface area contributed by atoms with Crippen LogP contribution in [0.25, 0.3) is 0 Å². The number of nitrogens with one attached hydrogen (secondary N) is 2. The molecule has 0 aliphatic heterocycles. The molecule has 1 heterocycles. The van der Waals surface area contributed by atoms with Crippen molar-refractivity contribution in [2.24, 2.45) is 10.1 Å². The van der Waals surface area contributed by atoms with E-state index >= 15 is 0 Å². The number of nitrogens with two attached hydrogens (primary N) is 1. The molecule has 150 valence electrons. The van der Waals surface area contributed by atoms with Gasteiger partial charge in [0.1, 0.15) is 4.21 Å². The predicted molar refractivity (Wildman–Crippen MR) is 126 cm³/mol. The first-order valence-corrected chi connectivity index (χ1v) is 11.6. The van der Waals surface area contributed by atoms with E-state index in [9.17, 15) is 8.42 Å². The molecule has 0 unspecified atom stereocenters. The van der Waals surface area contributed by atoms with Crippen molar-refractivity contribution in [3.63, 3.8) is 0 Å². The van der Waals surface area contributed by atoms with E-state index in [0.29, 0.717) is 12.5 Å². The number of guanidine groups is 1. The standard InChI is InChI=1S/C16H21ClN4O2S3.HI/c1-2-19-16(20-9-10-24-13-5-3-12(17)4-6-13)21-11-14-7-8-15(25-14)26(18,22)23;/h3-8H,2,9-11H2,1H3,(H2,18,22,23)(H2,19,20,21);1H. The predicted octanol–water partition coefficient (Wildman–Crippen LogP) is 3.51. The van der Waals surface area contributed by atoms with Crippen LogP contribution >= 0.6 is 58.7 Å². The second-order valence-corrected chi connectivity index (χ2v) is 9.75. The number of benzene rings is 1. The first-order valence-electron chi connectivity index (χ1n) is 7.90. The van der Waals surface area contributed by atoms with Crippen molar-refractivity contribution in [2.45, 2.75) is 22.6 Å². The zero-order valence-corrected chi connectivity index (χ0v) is 20.2. The summed E-state index contributed by atoms with van der Waals surface area (Å²) in [5.74, 6) is 1.57. The molecule has 0 saturated heterocycles. The number of primary sulfonamides is 1. The van der Waals surface area contributed by atoms with Crippen molar-refractivity contribution < 1.29 is 8.42 Å². The van der Waals surface area contributed by atoms with Gasteiger partial charge in [-0.25, -0.2) is 18.5 Å². The normalized spacial score (nSPS) is 11.7. The first-order chi connectivity index (χ1) is 12.4. The minimum absolute atomic E-state index is 0. The highest BCUT2D eigenvalue weighted by Crippen LogP contribution is 2.21. The molecule has 4 N–H and O–H groups in total. The summed E-state index contributed by atoms with van der Waals surface area (Å²) in [6.45, 7) is 3.86. The number of hydrogen-bond acceptors (Lipinski definition) is 5. The van der Waals surface area contributed by atoms with Gasteiger partial charge >= 0.3 is 0 Å². The van der Waals surface area contributed by atoms with Crippen LogP contribution in [0.5, 0.6) is 0 Å². The average molecular weight is 561 g/mol. The molecule has 0 amide bonds. The first kappa shape index (κ1) is 24.5. The van der Waals surface area contributed by atoms with E-state index in [2.05, 4.69) is 15.6 Å². The van der Waals surface area contributed by atoms with Crippen LogP contribution in [0.4, 0.5) is 0 Å². The molecule has 6 nitrogen and oxygen atoms in total. The maximum Gasteiger partial charge on any atom is 0.247 e. The summed E-state index contributed by atoms with van der Waals surface area (Å²) in [7, 11) is -3.65. The summed E-state index contributed by atoms with van der Waals surface area (Å²) in [6.07, 6.45) is 0. The number of rotatable bonds is 8. The van der Waals surface area contributed by atoms with Gasteiger partial charge in [-0.2, -0.15) is 0 Å². The van der Waals surface area contributed by atoms with Crippen LogP contribution in [-0.2, 0) is 16.6 Å². The Morgan fingerprint density at radius 3 is 2.52 bits per heavy atom. The van der Waals surface area contributed by atoms with Crippen molar-refractivity contribution in [1.29, 1.82) is 0 Å². The molecule has 2 aromatic rings. The molecule has 0 spiro atoms. The van der Waals surface area contributed by atoms with Crippen LogP contribution < -0.4 is 15.8 Å². The molecule has 27 heavy (non-hydrogen) atoms. The topological polar surface area (TPSA) is 96.6 Å². The summed E-state index contributed by atoms with van der Waals surface area (Å²) in [4.78, 5) is 6.47. The van der Waals surface area contributed by atoms with Gasteiger partial charge < -0.3 is 10.6 Å². The second kappa shape index (κ2) is 12.1. The maximum absolute atomic E-state index is 11.3. The Bertz CT molecular complexity index is 842. The second-order valence-electron chi connectivity index (χ2n) is 5.19. The summed E-state index contributed by atoms with van der Waals surface area (Å²) < 4.78 is 22.8. The van der Waals surface area contributed by atoms with E-state index in [1.807, 2.05) is 31.2 Å². The number of halogens is 2. The molecular weight excluding hydrogens is 539 g/mol. The molecule has 1 aromatic heterocycles. The summed E-state index contributed by atoms with van der Waals surface area (Å²) >= 11 is 8.74. The van der Waals surface area contributed by atoms with Crippen molar-refractivity contribution >= 4 is 74.7 Å². The highest BCUT2D eigenvalue weighted by Gasteiger charge is 2.11. The smallest absolute Gasteiger partial charge is 0.247 e. The lowest BCUT2D eigenvalue weighted by Gasteiger charge is -2.11. The Morgan fingerprint density at radius 1 is 1.22 bits per heavy atom. The third kappa shape index (κ3) is 9.01. The average Bonchev–Trinajstić information content (AvgIpc) is 3.07. The maximum atomic E-state index is 11.3. The lowest BCUT2D eigenvalue weighted by Crippen LogP contribution is -2.38. The largest absolute Gasteiger partial charge is 0.357 e. The quantitative estimate of drug-likeness (QED) is 0.151. The van der Waals surface area contributed by atoms with E-state index in [4.69, 9.17) is 16.7 Å². The Hall–Kier alpha value is -0.530. The van der Waals surface area contributed by atoms with Gasteiger partial charge in [-0.3, -0.25) is 0 Å². The zero-order chi connectivity index (χ0) is 19.0. The third-order valence-electron chi connectivity index (χ3n) is 3.13. The van der Waals surface area contributed by atoms with Gasteiger partial charge in [0.25, 0.3) is 0 Å². The van der Waals surface area contributed by atoms with Crippen LogP contribution in [0.15, 0.2) is 50.5 Å². The highest BCUT2D eigenvalue weighted by atomic mass is 127. The van der Waals surface area contributed by atoms with Crippen LogP contribution in [0.1, 0.15) is 11.8 Å². The Balaban J connectivity index is 0.00000364. The van der Waals surface area contributed by atoms with Gasteiger partial charge in [0.05, 0.1) is 6.54 Å². The molecule has 0 aliphatic carbocycles. The number of nitrogens with zero attached hydrogens (tertiary/aromatic N) is 1. The van der Waals surface area contributed by atoms with E-state index in [0.717, 1.165) is 45.0 Å².